The Balaban J connectivity index is 1.99. The van der Waals surface area contributed by atoms with Gasteiger partial charge < -0.3 is 15.2 Å². The van der Waals surface area contributed by atoms with Crippen molar-refractivity contribution >= 4 is 11.9 Å². The second kappa shape index (κ2) is 6.47. The minimum atomic E-state index is -1.06. The largest absolute Gasteiger partial charge is 0.493 e. The van der Waals surface area contributed by atoms with Gasteiger partial charge in [0.1, 0.15) is 17.5 Å². The van der Waals surface area contributed by atoms with E-state index >= 15 is 0 Å². The number of para-hydroxylation sites is 1. The van der Waals surface area contributed by atoms with Gasteiger partial charge in [0.25, 0.3) is 0 Å². The Labute approximate surface area is 132 Å². The van der Waals surface area contributed by atoms with Gasteiger partial charge in [-0.2, -0.15) is 4.68 Å². The molecule has 120 valence electrons. The number of carbonyl (C=O) groups is 1. The summed E-state index contributed by atoms with van der Waals surface area (Å²) in [5.41, 5.74) is 0.859. The van der Waals surface area contributed by atoms with Gasteiger partial charge in [-0.05, 0) is 29.0 Å². The number of hydrogen-bond donors (Lipinski definition) is 2. The van der Waals surface area contributed by atoms with Crippen LogP contribution in [0.4, 0.5) is 5.95 Å². The zero-order chi connectivity index (χ0) is 16.2. The monoisotopic (exact) mass is 315 g/mol. The second-order valence-electron chi connectivity index (χ2n) is 5.14. The number of fused-ring (bicyclic) bond motifs is 1. The summed E-state index contributed by atoms with van der Waals surface area (Å²) < 4.78 is 7.38. The third-order valence-electron chi connectivity index (χ3n) is 3.55. The Kier molecular flexibility index (Phi) is 4.22. The number of nitrogens with zero attached hydrogens (tertiary/aromatic N) is 4. The standard InChI is InChI=1S/C15H17N5O3/c1-2-3-8-23-13-7-5-4-6-10(13)12-9-11(14(21)22)16-15-17-18-19-20(12)15/h4-7,9,12H,2-3,8H2,1H3,(H,21,22)(H,16,17,19)/t12-/m0/s1. The number of ether oxygens (including phenoxy) is 1. The summed E-state index contributed by atoms with van der Waals surface area (Å²) in [6.45, 7) is 2.70. The number of aromatic nitrogens is 4. The van der Waals surface area contributed by atoms with Crippen molar-refractivity contribution in [3.63, 3.8) is 0 Å². The van der Waals surface area contributed by atoms with Gasteiger partial charge in [-0.15, -0.1) is 0 Å². The number of unbranched alkanes of at least 4 members (excludes halogenated alkanes) is 1. The molecule has 2 heterocycles. The number of carboxylic acid groups (broad SMARTS) is 1. The normalized spacial score (nSPS) is 16.2. The van der Waals surface area contributed by atoms with Gasteiger partial charge in [0, 0.05) is 5.56 Å². The summed E-state index contributed by atoms with van der Waals surface area (Å²) in [5, 5.41) is 23.3. The molecule has 8 nitrogen and oxygen atoms in total. The lowest BCUT2D eigenvalue weighted by Gasteiger charge is -2.23. The minimum Gasteiger partial charge on any atom is -0.493 e. The number of carboxylic acids is 1. The summed E-state index contributed by atoms with van der Waals surface area (Å²) in [4.78, 5) is 11.3. The van der Waals surface area contributed by atoms with Gasteiger partial charge in [0.05, 0.1) is 6.61 Å². The maximum atomic E-state index is 11.3. The molecule has 0 saturated carbocycles. The number of rotatable bonds is 6. The molecule has 2 aromatic rings. The Bertz CT molecular complexity index is 740. The number of allylic oxidation sites excluding steroid dienone is 1. The van der Waals surface area contributed by atoms with Crippen molar-refractivity contribution in [2.24, 2.45) is 0 Å². The highest BCUT2D eigenvalue weighted by Gasteiger charge is 2.28. The molecule has 0 bridgehead atoms. The van der Waals surface area contributed by atoms with Crippen LogP contribution >= 0.6 is 0 Å². The molecule has 1 aromatic carbocycles. The highest BCUT2D eigenvalue weighted by atomic mass is 16.5. The van der Waals surface area contributed by atoms with E-state index in [0.29, 0.717) is 18.3 Å². The van der Waals surface area contributed by atoms with Gasteiger partial charge in [0.15, 0.2) is 0 Å². The lowest BCUT2D eigenvalue weighted by Crippen LogP contribution is -2.24. The molecule has 23 heavy (non-hydrogen) atoms. The van der Waals surface area contributed by atoms with Crippen molar-refractivity contribution in [3.05, 3.63) is 41.6 Å². The van der Waals surface area contributed by atoms with Gasteiger partial charge in [0.2, 0.25) is 5.95 Å². The fraction of sp³-hybridized carbons (Fsp3) is 0.333. The molecule has 8 heteroatoms. The Morgan fingerprint density at radius 3 is 3.04 bits per heavy atom. The molecule has 1 atom stereocenters. The molecular formula is C15H17N5O3. The van der Waals surface area contributed by atoms with Crippen LogP contribution in [-0.4, -0.2) is 37.9 Å². The smallest absolute Gasteiger partial charge is 0.352 e. The average Bonchev–Trinajstić information content (AvgIpc) is 3.03. The summed E-state index contributed by atoms with van der Waals surface area (Å²) in [7, 11) is 0. The minimum absolute atomic E-state index is 0.0423. The zero-order valence-corrected chi connectivity index (χ0v) is 12.6. The SMILES string of the molecule is CCCCOc1ccccc1[C@@H]1C=C(C(=O)O)Nc2nnnn21. The first-order valence-electron chi connectivity index (χ1n) is 7.42. The number of nitrogens with one attached hydrogen (secondary N) is 1. The first-order valence-corrected chi connectivity index (χ1v) is 7.42. The van der Waals surface area contributed by atoms with E-state index in [2.05, 4.69) is 27.8 Å². The highest BCUT2D eigenvalue weighted by Crippen LogP contribution is 2.33. The molecule has 3 rings (SSSR count). The van der Waals surface area contributed by atoms with Crippen molar-refractivity contribution < 1.29 is 14.6 Å². The van der Waals surface area contributed by atoms with E-state index in [4.69, 9.17) is 4.74 Å². The van der Waals surface area contributed by atoms with E-state index in [1.807, 2.05) is 24.3 Å². The van der Waals surface area contributed by atoms with Gasteiger partial charge in [-0.25, -0.2) is 4.79 Å². The Hall–Kier alpha value is -2.90. The fourth-order valence-electron chi connectivity index (χ4n) is 2.38. The van der Waals surface area contributed by atoms with Crippen LogP contribution < -0.4 is 10.1 Å². The number of hydrogen-bond acceptors (Lipinski definition) is 6. The second-order valence-corrected chi connectivity index (χ2v) is 5.14. The number of anilines is 1. The maximum absolute atomic E-state index is 11.3. The lowest BCUT2D eigenvalue weighted by molar-refractivity contribution is -0.132. The molecule has 0 unspecified atom stereocenters. The molecule has 0 spiro atoms. The van der Waals surface area contributed by atoms with Crippen LogP contribution in [0.25, 0.3) is 0 Å². The van der Waals surface area contributed by atoms with Gasteiger partial charge in [-0.1, -0.05) is 36.6 Å². The van der Waals surface area contributed by atoms with E-state index in [-0.39, 0.29) is 5.70 Å². The van der Waals surface area contributed by atoms with Crippen molar-refractivity contribution in [1.82, 2.24) is 20.2 Å². The number of aliphatic carboxylic acids is 1. The van der Waals surface area contributed by atoms with Crippen LogP contribution in [-0.2, 0) is 4.79 Å². The van der Waals surface area contributed by atoms with Crippen molar-refractivity contribution in [3.8, 4) is 5.75 Å². The predicted octanol–water partition coefficient (Wildman–Crippen LogP) is 1.84. The van der Waals surface area contributed by atoms with Crippen LogP contribution in [0.1, 0.15) is 31.4 Å². The molecule has 1 aliphatic heterocycles. The molecule has 2 N–H and O–H groups in total. The molecular weight excluding hydrogens is 298 g/mol. The van der Waals surface area contributed by atoms with E-state index in [0.717, 1.165) is 18.4 Å². The van der Waals surface area contributed by atoms with E-state index in [1.54, 1.807) is 6.08 Å². The molecule has 0 aliphatic carbocycles. The quantitative estimate of drug-likeness (QED) is 0.784. The summed E-state index contributed by atoms with van der Waals surface area (Å²) in [6, 6.07) is 7.07. The van der Waals surface area contributed by atoms with Crippen LogP contribution in [0.2, 0.25) is 0 Å². The summed E-state index contributed by atoms with van der Waals surface area (Å²) in [6.07, 6.45) is 3.57. The molecule has 1 aromatic heterocycles. The molecule has 1 aliphatic rings. The third kappa shape index (κ3) is 3.01. The Morgan fingerprint density at radius 2 is 2.26 bits per heavy atom. The van der Waals surface area contributed by atoms with Crippen LogP contribution in [0.5, 0.6) is 5.75 Å². The highest BCUT2D eigenvalue weighted by molar-refractivity contribution is 5.90. The number of tetrazole rings is 1. The molecule has 0 radical (unpaired) electrons. The fourth-order valence-corrected chi connectivity index (χ4v) is 2.38. The first kappa shape index (κ1) is 15.0. The van der Waals surface area contributed by atoms with Crippen molar-refractivity contribution in [2.45, 2.75) is 25.8 Å². The third-order valence-corrected chi connectivity index (χ3v) is 3.55. The predicted molar refractivity (Wildman–Crippen MR) is 82.1 cm³/mol. The van der Waals surface area contributed by atoms with Gasteiger partial charge in [-0.3, -0.25) is 0 Å². The molecule has 0 saturated heterocycles. The summed E-state index contributed by atoms with van der Waals surface area (Å²) >= 11 is 0. The van der Waals surface area contributed by atoms with Crippen LogP contribution in [0, 0.1) is 0 Å². The molecule has 0 fully saturated rings. The van der Waals surface area contributed by atoms with Crippen molar-refractivity contribution in [1.29, 1.82) is 0 Å². The number of benzene rings is 1. The van der Waals surface area contributed by atoms with E-state index in [1.165, 1.54) is 4.68 Å². The average molecular weight is 315 g/mol. The van der Waals surface area contributed by atoms with Crippen molar-refractivity contribution in [2.75, 3.05) is 11.9 Å². The van der Waals surface area contributed by atoms with Gasteiger partial charge >= 0.3 is 5.97 Å². The zero-order valence-electron chi connectivity index (χ0n) is 12.6. The lowest BCUT2D eigenvalue weighted by atomic mass is 10.0. The van der Waals surface area contributed by atoms with E-state index < -0.39 is 12.0 Å². The topological polar surface area (TPSA) is 102 Å². The summed E-state index contributed by atoms with van der Waals surface area (Å²) in [5.74, 6) is -0.0674. The first-order chi connectivity index (χ1) is 11.2. The molecule has 0 amide bonds. The Morgan fingerprint density at radius 1 is 1.43 bits per heavy atom. The van der Waals surface area contributed by atoms with E-state index in [9.17, 15) is 9.90 Å². The maximum Gasteiger partial charge on any atom is 0.352 e. The van der Waals surface area contributed by atoms with Crippen LogP contribution in [0.15, 0.2) is 36.0 Å². The van der Waals surface area contributed by atoms with Crippen LogP contribution in [0.3, 0.4) is 0 Å².